The van der Waals surface area contributed by atoms with Gasteiger partial charge in [0.05, 0.1) is 17.9 Å². The normalized spacial score (nSPS) is 10.1. The lowest BCUT2D eigenvalue weighted by molar-refractivity contribution is 0.0524. The SMILES string of the molecule is CCOC(=O)c1cnc(NCCNC)nc1C. The van der Waals surface area contributed by atoms with Crippen LogP contribution in [0.25, 0.3) is 0 Å². The molecule has 0 aromatic carbocycles. The maximum Gasteiger partial charge on any atom is 0.341 e. The first-order chi connectivity index (χ1) is 8.19. The molecule has 0 saturated heterocycles. The molecule has 6 nitrogen and oxygen atoms in total. The molecule has 0 aliphatic heterocycles. The molecule has 0 atom stereocenters. The molecule has 0 bridgehead atoms. The molecular weight excluding hydrogens is 220 g/mol. The van der Waals surface area contributed by atoms with Crippen LogP contribution in [0.5, 0.6) is 0 Å². The monoisotopic (exact) mass is 238 g/mol. The summed E-state index contributed by atoms with van der Waals surface area (Å²) in [5, 5.41) is 6.05. The quantitative estimate of drug-likeness (QED) is 0.558. The Hall–Kier alpha value is -1.69. The van der Waals surface area contributed by atoms with Gasteiger partial charge in [0, 0.05) is 19.3 Å². The highest BCUT2D eigenvalue weighted by molar-refractivity contribution is 5.90. The van der Waals surface area contributed by atoms with E-state index in [1.165, 1.54) is 6.20 Å². The molecule has 17 heavy (non-hydrogen) atoms. The zero-order chi connectivity index (χ0) is 12.7. The number of carbonyl (C=O) groups excluding carboxylic acids is 1. The summed E-state index contributed by atoms with van der Waals surface area (Å²) in [7, 11) is 1.87. The second-order valence-corrected chi connectivity index (χ2v) is 3.44. The summed E-state index contributed by atoms with van der Waals surface area (Å²) < 4.78 is 4.90. The maximum absolute atomic E-state index is 11.5. The van der Waals surface area contributed by atoms with Crippen molar-refractivity contribution in [2.75, 3.05) is 32.1 Å². The number of nitrogens with zero attached hydrogens (tertiary/aromatic N) is 2. The molecule has 0 fully saturated rings. The molecule has 1 heterocycles. The van der Waals surface area contributed by atoms with E-state index in [0.29, 0.717) is 23.8 Å². The van der Waals surface area contributed by atoms with Crippen molar-refractivity contribution in [2.45, 2.75) is 13.8 Å². The van der Waals surface area contributed by atoms with Crippen LogP contribution in [0.4, 0.5) is 5.95 Å². The van der Waals surface area contributed by atoms with Crippen LogP contribution in [0.2, 0.25) is 0 Å². The van der Waals surface area contributed by atoms with Gasteiger partial charge in [0.15, 0.2) is 0 Å². The summed E-state index contributed by atoms with van der Waals surface area (Å²) in [6.07, 6.45) is 1.49. The Balaban J connectivity index is 2.68. The zero-order valence-corrected chi connectivity index (χ0v) is 10.4. The largest absolute Gasteiger partial charge is 0.462 e. The van der Waals surface area contributed by atoms with Crippen molar-refractivity contribution in [3.63, 3.8) is 0 Å². The third-order valence-corrected chi connectivity index (χ3v) is 2.13. The number of aromatic nitrogens is 2. The highest BCUT2D eigenvalue weighted by atomic mass is 16.5. The van der Waals surface area contributed by atoms with Crippen LogP contribution in [0.15, 0.2) is 6.20 Å². The number of nitrogens with one attached hydrogen (secondary N) is 2. The van der Waals surface area contributed by atoms with Crippen molar-refractivity contribution < 1.29 is 9.53 Å². The minimum absolute atomic E-state index is 0.348. The third-order valence-electron chi connectivity index (χ3n) is 2.13. The maximum atomic E-state index is 11.5. The first-order valence-corrected chi connectivity index (χ1v) is 5.58. The first-order valence-electron chi connectivity index (χ1n) is 5.58. The van der Waals surface area contributed by atoms with Crippen molar-refractivity contribution in [1.29, 1.82) is 0 Å². The van der Waals surface area contributed by atoms with Crippen molar-refractivity contribution in [3.05, 3.63) is 17.5 Å². The fourth-order valence-corrected chi connectivity index (χ4v) is 1.26. The van der Waals surface area contributed by atoms with Crippen LogP contribution in [0, 0.1) is 6.92 Å². The van der Waals surface area contributed by atoms with Gasteiger partial charge in [0.1, 0.15) is 0 Å². The molecule has 1 aromatic heterocycles. The predicted octanol–water partition coefficient (Wildman–Crippen LogP) is 0.593. The smallest absolute Gasteiger partial charge is 0.341 e. The predicted molar refractivity (Wildman–Crippen MR) is 65.1 cm³/mol. The van der Waals surface area contributed by atoms with Gasteiger partial charge < -0.3 is 15.4 Å². The Bertz CT molecular complexity index is 382. The highest BCUT2D eigenvalue weighted by Gasteiger charge is 2.12. The summed E-state index contributed by atoms with van der Waals surface area (Å²) in [4.78, 5) is 19.8. The van der Waals surface area contributed by atoms with E-state index in [9.17, 15) is 4.79 Å². The van der Waals surface area contributed by atoms with E-state index in [1.54, 1.807) is 13.8 Å². The summed E-state index contributed by atoms with van der Waals surface area (Å²) in [5.41, 5.74) is 1.02. The minimum Gasteiger partial charge on any atom is -0.462 e. The second-order valence-electron chi connectivity index (χ2n) is 3.44. The Morgan fingerprint density at radius 2 is 2.24 bits per heavy atom. The molecule has 6 heteroatoms. The first kappa shape index (κ1) is 13.4. The Kier molecular flexibility index (Phi) is 5.35. The van der Waals surface area contributed by atoms with Gasteiger partial charge >= 0.3 is 5.97 Å². The number of ether oxygens (including phenoxy) is 1. The lowest BCUT2D eigenvalue weighted by atomic mass is 10.2. The van der Waals surface area contributed by atoms with E-state index in [1.807, 2.05) is 7.05 Å². The van der Waals surface area contributed by atoms with E-state index >= 15 is 0 Å². The highest BCUT2D eigenvalue weighted by Crippen LogP contribution is 2.08. The molecule has 1 aromatic rings. The van der Waals surface area contributed by atoms with Crippen LogP contribution in [0.1, 0.15) is 23.0 Å². The number of rotatable bonds is 6. The summed E-state index contributed by atoms with van der Waals surface area (Å²) >= 11 is 0. The lowest BCUT2D eigenvalue weighted by Gasteiger charge is -2.07. The summed E-state index contributed by atoms with van der Waals surface area (Å²) in [6.45, 7) is 5.43. The van der Waals surface area contributed by atoms with Gasteiger partial charge in [-0.15, -0.1) is 0 Å². The third kappa shape index (κ3) is 3.99. The molecule has 2 N–H and O–H groups in total. The number of anilines is 1. The second kappa shape index (κ2) is 6.80. The number of hydrogen-bond acceptors (Lipinski definition) is 6. The van der Waals surface area contributed by atoms with E-state index in [0.717, 1.165) is 13.1 Å². The summed E-state index contributed by atoms with van der Waals surface area (Å²) in [6, 6.07) is 0. The fraction of sp³-hybridized carbons (Fsp3) is 0.545. The van der Waals surface area contributed by atoms with Crippen LogP contribution in [-0.2, 0) is 4.74 Å². The molecule has 0 aliphatic rings. The molecule has 0 radical (unpaired) electrons. The molecular formula is C11H18N4O2. The molecule has 94 valence electrons. The van der Waals surface area contributed by atoms with Crippen molar-refractivity contribution in [2.24, 2.45) is 0 Å². The average molecular weight is 238 g/mol. The van der Waals surface area contributed by atoms with Crippen LogP contribution in [0.3, 0.4) is 0 Å². The molecule has 0 amide bonds. The van der Waals surface area contributed by atoms with Gasteiger partial charge in [-0.05, 0) is 20.9 Å². The molecule has 0 unspecified atom stereocenters. The van der Waals surface area contributed by atoms with Gasteiger partial charge in [0.25, 0.3) is 0 Å². The van der Waals surface area contributed by atoms with Crippen LogP contribution in [-0.4, -0.2) is 42.7 Å². The lowest BCUT2D eigenvalue weighted by Crippen LogP contribution is -2.19. The van der Waals surface area contributed by atoms with Gasteiger partial charge in [-0.3, -0.25) is 0 Å². The van der Waals surface area contributed by atoms with Crippen molar-refractivity contribution >= 4 is 11.9 Å². The minimum atomic E-state index is -0.383. The summed E-state index contributed by atoms with van der Waals surface area (Å²) in [5.74, 6) is 0.137. The average Bonchev–Trinajstić information content (AvgIpc) is 2.29. The molecule has 0 saturated carbocycles. The Labute approximate surface area is 101 Å². The Morgan fingerprint density at radius 3 is 2.82 bits per heavy atom. The number of esters is 1. The van der Waals surface area contributed by atoms with Gasteiger partial charge in [-0.2, -0.15) is 0 Å². The number of likely N-dealkylation sites (N-methyl/N-ethyl adjacent to an activating group) is 1. The van der Waals surface area contributed by atoms with Gasteiger partial charge in [0.2, 0.25) is 5.95 Å². The molecule has 1 rings (SSSR count). The van der Waals surface area contributed by atoms with Crippen molar-refractivity contribution in [1.82, 2.24) is 15.3 Å². The zero-order valence-electron chi connectivity index (χ0n) is 10.4. The molecule has 0 spiro atoms. The number of aryl methyl sites for hydroxylation is 1. The van der Waals surface area contributed by atoms with Crippen LogP contribution < -0.4 is 10.6 Å². The van der Waals surface area contributed by atoms with Gasteiger partial charge in [-0.25, -0.2) is 14.8 Å². The Morgan fingerprint density at radius 1 is 1.47 bits per heavy atom. The van der Waals surface area contributed by atoms with E-state index < -0.39 is 0 Å². The van der Waals surface area contributed by atoms with Gasteiger partial charge in [-0.1, -0.05) is 0 Å². The number of carbonyl (C=O) groups is 1. The fourth-order valence-electron chi connectivity index (χ4n) is 1.26. The number of hydrogen-bond donors (Lipinski definition) is 2. The van der Waals surface area contributed by atoms with E-state index in [2.05, 4.69) is 20.6 Å². The van der Waals surface area contributed by atoms with E-state index in [4.69, 9.17) is 4.74 Å². The standard InChI is InChI=1S/C11H18N4O2/c1-4-17-10(16)9-7-14-11(15-8(9)2)13-6-5-12-3/h7,12H,4-6H2,1-3H3,(H,13,14,15). The van der Waals surface area contributed by atoms with E-state index in [-0.39, 0.29) is 5.97 Å². The molecule has 0 aliphatic carbocycles. The topological polar surface area (TPSA) is 76.1 Å². The van der Waals surface area contributed by atoms with Crippen molar-refractivity contribution in [3.8, 4) is 0 Å². The van der Waals surface area contributed by atoms with Crippen LogP contribution >= 0.6 is 0 Å².